The van der Waals surface area contributed by atoms with Crippen LogP contribution in [0.5, 0.6) is 17.2 Å². The number of carbonyl (C=O) groups is 2. The van der Waals surface area contributed by atoms with Crippen molar-refractivity contribution in [2.45, 2.75) is 130 Å². The first-order chi connectivity index (χ1) is 25.4. The fourth-order valence-electron chi connectivity index (χ4n) is 5.75. The van der Waals surface area contributed by atoms with Crippen LogP contribution in [0.4, 0.5) is 0 Å². The molecule has 1 atom stereocenters. The third-order valence-electron chi connectivity index (χ3n) is 8.97. The van der Waals surface area contributed by atoms with Gasteiger partial charge in [0.1, 0.15) is 28.9 Å². The normalized spacial score (nSPS) is 11.8. The maximum Gasteiger partial charge on any atom is 0.354 e. The van der Waals surface area contributed by atoms with E-state index in [4.69, 9.17) is 18.9 Å². The molecule has 7 nitrogen and oxygen atoms in total. The Bertz CT molecular complexity index is 1510. The van der Waals surface area contributed by atoms with E-state index in [1.54, 1.807) is 31.2 Å². The molecular weight excluding hydrogens is 650 g/mol. The Kier molecular flexibility index (Phi) is 20.6. The lowest BCUT2D eigenvalue weighted by Crippen LogP contribution is -2.26. The van der Waals surface area contributed by atoms with Crippen LogP contribution in [0.25, 0.3) is 17.2 Å². The van der Waals surface area contributed by atoms with Crippen molar-refractivity contribution in [3.63, 3.8) is 0 Å². The Hall–Kier alpha value is -4.41. The second-order valence-corrected chi connectivity index (χ2v) is 13.4. The predicted octanol–water partition coefficient (Wildman–Crippen LogP) is 11.8. The summed E-state index contributed by atoms with van der Waals surface area (Å²) in [4.78, 5) is 25.3. The van der Waals surface area contributed by atoms with Crippen molar-refractivity contribution in [2.75, 3.05) is 13.2 Å². The highest BCUT2D eigenvalue weighted by Crippen LogP contribution is 2.26. The monoisotopic (exact) mass is 709 g/mol. The molecule has 0 aliphatic heterocycles. The molecule has 0 heterocycles. The summed E-state index contributed by atoms with van der Waals surface area (Å²) in [7, 11) is 0. The number of nitriles is 1. The zero-order valence-electron chi connectivity index (χ0n) is 31.7. The van der Waals surface area contributed by atoms with Crippen molar-refractivity contribution in [1.82, 2.24) is 0 Å². The lowest BCUT2D eigenvalue weighted by Gasteiger charge is -2.13. The Morgan fingerprint density at radius 1 is 0.596 bits per heavy atom. The van der Waals surface area contributed by atoms with E-state index < -0.39 is 18.0 Å². The first-order valence-electron chi connectivity index (χ1n) is 19.5. The molecule has 0 saturated carbocycles. The molecule has 0 aromatic heterocycles. The first kappa shape index (κ1) is 42.0. The van der Waals surface area contributed by atoms with Gasteiger partial charge in [0.15, 0.2) is 6.10 Å². The van der Waals surface area contributed by atoms with E-state index in [2.05, 4.69) is 13.8 Å². The summed E-state index contributed by atoms with van der Waals surface area (Å²) < 4.78 is 22.6. The lowest BCUT2D eigenvalue weighted by atomic mass is 10.1. The molecule has 3 aromatic rings. The lowest BCUT2D eigenvalue weighted by molar-refractivity contribution is -0.146. The summed E-state index contributed by atoms with van der Waals surface area (Å²) in [5.41, 5.74) is 2.40. The average molecular weight is 710 g/mol. The molecule has 280 valence electrons. The standard InChI is InChI=1S/C45H59NO6/c1-4-6-8-10-12-13-14-15-17-19-33-50-41-26-20-37(21-27-41)34-40(35-46)45(48)52-43-30-24-39(25-31-43)38-22-28-42(29-23-38)51-44(47)36(3)49-32-18-16-11-9-7-5-2/h20-31,34,36H,4-19,32-33H2,1-3H3/b40-34+. The van der Waals surface area contributed by atoms with Crippen molar-refractivity contribution in [3.05, 3.63) is 83.9 Å². The minimum atomic E-state index is -0.729. The minimum Gasteiger partial charge on any atom is -0.494 e. The van der Waals surface area contributed by atoms with E-state index in [-0.39, 0.29) is 5.57 Å². The summed E-state index contributed by atoms with van der Waals surface area (Å²) >= 11 is 0. The van der Waals surface area contributed by atoms with Crippen molar-refractivity contribution in [2.24, 2.45) is 0 Å². The van der Waals surface area contributed by atoms with Crippen LogP contribution < -0.4 is 14.2 Å². The number of carbonyl (C=O) groups excluding carboxylic acids is 2. The van der Waals surface area contributed by atoms with Crippen LogP contribution in [0.3, 0.4) is 0 Å². The highest BCUT2D eigenvalue weighted by molar-refractivity contribution is 5.99. The maximum absolute atomic E-state index is 12.8. The molecule has 0 bridgehead atoms. The average Bonchev–Trinajstić information content (AvgIpc) is 3.16. The van der Waals surface area contributed by atoms with Gasteiger partial charge < -0.3 is 18.9 Å². The molecule has 0 fully saturated rings. The van der Waals surface area contributed by atoms with Gasteiger partial charge in [-0.1, -0.05) is 140 Å². The zero-order chi connectivity index (χ0) is 37.2. The van der Waals surface area contributed by atoms with E-state index in [1.165, 1.54) is 89.5 Å². The largest absolute Gasteiger partial charge is 0.494 e. The highest BCUT2D eigenvalue weighted by atomic mass is 16.6. The quantitative estimate of drug-likeness (QED) is 0.0269. The van der Waals surface area contributed by atoms with Gasteiger partial charge in [-0.25, -0.2) is 9.59 Å². The molecular formula is C45H59NO6. The third kappa shape index (κ3) is 16.7. The molecule has 0 amide bonds. The SMILES string of the molecule is CCCCCCCCCCCCOc1ccc(/C=C(\C#N)C(=O)Oc2ccc(-c3ccc(OC(=O)C(C)OCCCCCCCC)cc3)cc2)cc1. The van der Waals surface area contributed by atoms with E-state index in [1.807, 2.05) is 54.6 Å². The van der Waals surface area contributed by atoms with Gasteiger partial charge in [-0.3, -0.25) is 0 Å². The number of hydrogen-bond acceptors (Lipinski definition) is 7. The predicted molar refractivity (Wildman–Crippen MR) is 209 cm³/mol. The summed E-state index contributed by atoms with van der Waals surface area (Å²) in [5.74, 6) is 0.385. The van der Waals surface area contributed by atoms with Crippen LogP contribution in [0.2, 0.25) is 0 Å². The highest BCUT2D eigenvalue weighted by Gasteiger charge is 2.16. The smallest absolute Gasteiger partial charge is 0.354 e. The van der Waals surface area contributed by atoms with Gasteiger partial charge in [0.2, 0.25) is 0 Å². The fraction of sp³-hybridized carbons (Fsp3) is 0.489. The van der Waals surface area contributed by atoms with Crippen molar-refractivity contribution in [3.8, 4) is 34.4 Å². The van der Waals surface area contributed by atoms with Crippen molar-refractivity contribution >= 4 is 18.0 Å². The van der Waals surface area contributed by atoms with Gasteiger partial charge in [-0.05, 0) is 78.9 Å². The second-order valence-electron chi connectivity index (χ2n) is 13.4. The fourth-order valence-corrected chi connectivity index (χ4v) is 5.75. The van der Waals surface area contributed by atoms with Crippen LogP contribution >= 0.6 is 0 Å². The maximum atomic E-state index is 12.8. The van der Waals surface area contributed by atoms with Crippen LogP contribution in [0, 0.1) is 11.3 Å². The van der Waals surface area contributed by atoms with E-state index >= 15 is 0 Å². The molecule has 0 saturated heterocycles. The summed E-state index contributed by atoms with van der Waals surface area (Å²) in [5, 5.41) is 9.66. The molecule has 0 aliphatic carbocycles. The number of ether oxygens (including phenoxy) is 4. The van der Waals surface area contributed by atoms with Gasteiger partial charge >= 0.3 is 11.9 Å². The van der Waals surface area contributed by atoms with Crippen LogP contribution in [0.15, 0.2) is 78.4 Å². The minimum absolute atomic E-state index is 0.102. The van der Waals surface area contributed by atoms with Crippen molar-refractivity contribution < 1.29 is 28.5 Å². The van der Waals surface area contributed by atoms with Gasteiger partial charge in [0.05, 0.1) is 6.61 Å². The Balaban J connectivity index is 1.39. The molecule has 0 N–H and O–H groups in total. The topological polar surface area (TPSA) is 94.9 Å². The van der Waals surface area contributed by atoms with Crippen LogP contribution in [-0.4, -0.2) is 31.3 Å². The van der Waals surface area contributed by atoms with Gasteiger partial charge in [-0.2, -0.15) is 5.26 Å². The molecule has 0 spiro atoms. The van der Waals surface area contributed by atoms with Crippen molar-refractivity contribution in [1.29, 1.82) is 5.26 Å². The molecule has 3 rings (SSSR count). The summed E-state index contributed by atoms with van der Waals surface area (Å²) in [6, 6.07) is 23.5. The van der Waals surface area contributed by atoms with Gasteiger partial charge in [0.25, 0.3) is 0 Å². The molecule has 52 heavy (non-hydrogen) atoms. The van der Waals surface area contributed by atoms with E-state index in [0.717, 1.165) is 36.1 Å². The molecule has 3 aromatic carbocycles. The third-order valence-corrected chi connectivity index (χ3v) is 8.97. The first-order valence-corrected chi connectivity index (χ1v) is 19.5. The number of unbranched alkanes of at least 4 members (excludes halogenated alkanes) is 14. The van der Waals surface area contributed by atoms with E-state index in [0.29, 0.717) is 30.3 Å². The van der Waals surface area contributed by atoms with E-state index in [9.17, 15) is 14.9 Å². The Labute approximate surface area is 312 Å². The molecule has 1 unspecified atom stereocenters. The molecule has 0 radical (unpaired) electrons. The second kappa shape index (κ2) is 25.5. The number of esters is 2. The van der Waals surface area contributed by atoms with Crippen LogP contribution in [-0.2, 0) is 14.3 Å². The number of nitrogens with zero attached hydrogens (tertiary/aromatic N) is 1. The number of hydrogen-bond donors (Lipinski definition) is 0. The van der Waals surface area contributed by atoms with Crippen LogP contribution in [0.1, 0.15) is 129 Å². The molecule has 7 heteroatoms. The van der Waals surface area contributed by atoms with Gasteiger partial charge in [-0.15, -0.1) is 0 Å². The zero-order valence-corrected chi connectivity index (χ0v) is 31.7. The Morgan fingerprint density at radius 3 is 1.54 bits per heavy atom. The summed E-state index contributed by atoms with van der Waals surface area (Å²) in [6.07, 6.45) is 20.7. The number of rotatable bonds is 26. The summed E-state index contributed by atoms with van der Waals surface area (Å²) in [6.45, 7) is 7.39. The molecule has 0 aliphatic rings. The van der Waals surface area contributed by atoms with Gasteiger partial charge in [0, 0.05) is 6.61 Å². The number of benzene rings is 3. The Morgan fingerprint density at radius 2 is 1.04 bits per heavy atom.